The number of nitrogens with zero attached hydrogens (tertiary/aromatic N) is 2. The van der Waals surface area contributed by atoms with Crippen molar-refractivity contribution in [1.29, 1.82) is 0 Å². The van der Waals surface area contributed by atoms with Crippen LogP contribution in [-0.2, 0) is 6.54 Å². The lowest BCUT2D eigenvalue weighted by Crippen LogP contribution is -2.24. The smallest absolute Gasteiger partial charge is 0.279 e. The first-order valence-electron chi connectivity index (χ1n) is 8.07. The third kappa shape index (κ3) is 4.37. The number of hydrogen-bond donors (Lipinski definition) is 4. The Morgan fingerprint density at radius 3 is 2.59 bits per heavy atom. The van der Waals surface area contributed by atoms with Gasteiger partial charge >= 0.3 is 0 Å². The summed E-state index contributed by atoms with van der Waals surface area (Å²) in [7, 11) is 0. The summed E-state index contributed by atoms with van der Waals surface area (Å²) >= 11 is 0. The van der Waals surface area contributed by atoms with Crippen LogP contribution in [0.2, 0.25) is 0 Å². The molecule has 2 amide bonds. The van der Waals surface area contributed by atoms with Crippen molar-refractivity contribution >= 4 is 23.3 Å². The molecule has 3 aromatic rings. The lowest BCUT2D eigenvalue weighted by molar-refractivity contribution is 0.0950. The van der Waals surface area contributed by atoms with Crippen molar-refractivity contribution in [3.8, 4) is 5.75 Å². The Kier molecular flexibility index (Phi) is 5.27. The van der Waals surface area contributed by atoms with Gasteiger partial charge in [0.05, 0.1) is 5.56 Å². The Morgan fingerprint density at radius 1 is 1.00 bits per heavy atom. The molecule has 0 saturated heterocycles. The van der Waals surface area contributed by atoms with Crippen molar-refractivity contribution in [3.05, 3.63) is 77.7 Å². The van der Waals surface area contributed by atoms with Gasteiger partial charge in [-0.05, 0) is 42.0 Å². The Hall–Kier alpha value is -3.94. The molecule has 0 spiro atoms. The molecule has 136 valence electrons. The Labute approximate surface area is 155 Å². The van der Waals surface area contributed by atoms with Crippen LogP contribution in [0.4, 0.5) is 11.5 Å². The third-order valence-corrected chi connectivity index (χ3v) is 3.73. The van der Waals surface area contributed by atoms with Gasteiger partial charge in [0.15, 0.2) is 5.69 Å². The summed E-state index contributed by atoms with van der Waals surface area (Å²) in [5.74, 6) is -0.831. The van der Waals surface area contributed by atoms with E-state index in [1.54, 1.807) is 36.4 Å². The minimum atomic E-state index is -0.584. The van der Waals surface area contributed by atoms with Crippen molar-refractivity contribution in [1.82, 2.24) is 15.3 Å². The van der Waals surface area contributed by atoms with Crippen molar-refractivity contribution in [2.24, 2.45) is 0 Å². The molecule has 0 aliphatic rings. The zero-order valence-electron chi connectivity index (χ0n) is 14.2. The van der Waals surface area contributed by atoms with Crippen molar-refractivity contribution in [3.63, 3.8) is 0 Å². The highest BCUT2D eigenvalue weighted by molar-refractivity contribution is 6.04. The average molecular weight is 363 g/mol. The maximum Gasteiger partial charge on any atom is 0.279 e. The number of anilines is 2. The number of aromatic hydroxyl groups is 1. The number of hydrogen-bond acceptors (Lipinski definition) is 6. The summed E-state index contributed by atoms with van der Waals surface area (Å²) in [4.78, 5) is 32.3. The van der Waals surface area contributed by atoms with Gasteiger partial charge in [-0.25, -0.2) is 9.97 Å². The SMILES string of the molecule is Nc1ccccc1C(=O)NCc1ccnc(NC(=O)c2ncccc2O)c1. The molecule has 2 heterocycles. The molecule has 27 heavy (non-hydrogen) atoms. The average Bonchev–Trinajstić information content (AvgIpc) is 2.67. The van der Waals surface area contributed by atoms with E-state index in [0.717, 1.165) is 5.56 Å². The number of nitrogens with one attached hydrogen (secondary N) is 2. The van der Waals surface area contributed by atoms with E-state index in [1.165, 1.54) is 24.5 Å². The van der Waals surface area contributed by atoms with Gasteiger partial charge in [-0.15, -0.1) is 0 Å². The van der Waals surface area contributed by atoms with Crippen LogP contribution in [0.3, 0.4) is 0 Å². The van der Waals surface area contributed by atoms with Gasteiger partial charge in [-0.3, -0.25) is 9.59 Å². The topological polar surface area (TPSA) is 130 Å². The Bertz CT molecular complexity index is 990. The van der Waals surface area contributed by atoms with Crippen LogP contribution >= 0.6 is 0 Å². The van der Waals surface area contributed by atoms with Crippen molar-refractivity contribution < 1.29 is 14.7 Å². The van der Waals surface area contributed by atoms with E-state index in [9.17, 15) is 14.7 Å². The van der Waals surface area contributed by atoms with Gasteiger partial charge in [0.1, 0.15) is 11.6 Å². The quantitative estimate of drug-likeness (QED) is 0.513. The number of nitrogen functional groups attached to an aromatic ring is 1. The molecule has 1 aromatic carbocycles. The second-order valence-corrected chi connectivity index (χ2v) is 5.64. The second-order valence-electron chi connectivity index (χ2n) is 5.64. The first-order valence-corrected chi connectivity index (χ1v) is 8.07. The van der Waals surface area contributed by atoms with Crippen molar-refractivity contribution in [2.45, 2.75) is 6.54 Å². The van der Waals surface area contributed by atoms with Crippen LogP contribution < -0.4 is 16.4 Å². The van der Waals surface area contributed by atoms with Crippen LogP contribution in [0.5, 0.6) is 5.75 Å². The van der Waals surface area contributed by atoms with E-state index in [0.29, 0.717) is 11.3 Å². The molecule has 8 heteroatoms. The van der Waals surface area contributed by atoms with E-state index in [1.807, 2.05) is 0 Å². The largest absolute Gasteiger partial charge is 0.505 e. The van der Waals surface area contributed by atoms with Gasteiger partial charge in [0.25, 0.3) is 11.8 Å². The second kappa shape index (κ2) is 7.96. The Balaban J connectivity index is 1.65. The fourth-order valence-corrected chi connectivity index (χ4v) is 2.38. The molecule has 5 N–H and O–H groups in total. The molecule has 0 radical (unpaired) electrons. The van der Waals surface area contributed by atoms with Crippen molar-refractivity contribution in [2.75, 3.05) is 11.1 Å². The molecular formula is C19H17N5O3. The predicted molar refractivity (Wildman–Crippen MR) is 100 cm³/mol. The van der Waals surface area contributed by atoms with Gasteiger partial charge in [-0.2, -0.15) is 0 Å². The van der Waals surface area contributed by atoms with E-state index >= 15 is 0 Å². The fourth-order valence-electron chi connectivity index (χ4n) is 2.38. The number of para-hydroxylation sites is 1. The van der Waals surface area contributed by atoms with E-state index in [2.05, 4.69) is 20.6 Å². The maximum atomic E-state index is 12.2. The summed E-state index contributed by atoms with van der Waals surface area (Å²) in [5.41, 5.74) is 7.21. The summed E-state index contributed by atoms with van der Waals surface area (Å²) in [6, 6.07) is 13.0. The van der Waals surface area contributed by atoms with Gasteiger partial charge < -0.3 is 21.5 Å². The summed E-state index contributed by atoms with van der Waals surface area (Å²) in [5, 5.41) is 15.0. The molecular weight excluding hydrogens is 346 g/mol. The maximum absolute atomic E-state index is 12.2. The highest BCUT2D eigenvalue weighted by Crippen LogP contribution is 2.15. The number of carbonyl (C=O) groups excluding carboxylic acids is 2. The van der Waals surface area contributed by atoms with Gasteiger partial charge in [-0.1, -0.05) is 12.1 Å². The zero-order valence-corrected chi connectivity index (χ0v) is 14.2. The number of pyridine rings is 2. The number of amides is 2. The minimum absolute atomic E-state index is 0.0995. The monoisotopic (exact) mass is 363 g/mol. The summed E-state index contributed by atoms with van der Waals surface area (Å²) in [6.07, 6.45) is 2.91. The summed E-state index contributed by atoms with van der Waals surface area (Å²) in [6.45, 7) is 0.230. The first kappa shape index (κ1) is 17.9. The predicted octanol–water partition coefficient (Wildman–Crippen LogP) is 1.95. The number of rotatable bonds is 5. The van der Waals surface area contributed by atoms with Gasteiger partial charge in [0, 0.05) is 24.6 Å². The lowest BCUT2D eigenvalue weighted by Gasteiger charge is -2.09. The molecule has 2 aromatic heterocycles. The summed E-state index contributed by atoms with van der Waals surface area (Å²) < 4.78 is 0. The molecule has 0 aliphatic heterocycles. The highest BCUT2D eigenvalue weighted by Gasteiger charge is 2.13. The first-order chi connectivity index (χ1) is 13.0. The van der Waals surface area contributed by atoms with Crippen LogP contribution in [0.25, 0.3) is 0 Å². The molecule has 0 saturated carbocycles. The molecule has 3 rings (SSSR count). The number of benzene rings is 1. The van der Waals surface area contributed by atoms with Crippen LogP contribution in [0.1, 0.15) is 26.4 Å². The molecule has 0 atom stereocenters. The van der Waals surface area contributed by atoms with Crippen LogP contribution in [-0.4, -0.2) is 26.9 Å². The molecule has 0 bridgehead atoms. The number of carbonyl (C=O) groups is 2. The molecule has 0 fully saturated rings. The molecule has 0 aliphatic carbocycles. The number of aromatic nitrogens is 2. The van der Waals surface area contributed by atoms with E-state index in [4.69, 9.17) is 5.73 Å². The standard InChI is InChI=1S/C19H17N5O3/c20-14-5-2-1-4-13(14)18(26)23-11-12-7-9-21-16(10-12)24-19(27)17-15(25)6-3-8-22-17/h1-10,25H,11,20H2,(H,23,26)(H,21,24,27). The fraction of sp³-hybridized carbons (Fsp3) is 0.0526. The van der Waals surface area contributed by atoms with Crippen LogP contribution in [0.15, 0.2) is 60.9 Å². The zero-order chi connectivity index (χ0) is 19.2. The van der Waals surface area contributed by atoms with E-state index < -0.39 is 5.91 Å². The number of nitrogens with two attached hydrogens (primary N) is 1. The third-order valence-electron chi connectivity index (χ3n) is 3.73. The van der Waals surface area contributed by atoms with E-state index in [-0.39, 0.29) is 29.7 Å². The minimum Gasteiger partial charge on any atom is -0.505 e. The normalized spacial score (nSPS) is 10.2. The Morgan fingerprint density at radius 2 is 1.81 bits per heavy atom. The molecule has 0 unspecified atom stereocenters. The van der Waals surface area contributed by atoms with Gasteiger partial charge in [0.2, 0.25) is 0 Å². The molecule has 8 nitrogen and oxygen atoms in total. The highest BCUT2D eigenvalue weighted by atomic mass is 16.3. The lowest BCUT2D eigenvalue weighted by atomic mass is 10.1. The van der Waals surface area contributed by atoms with Crippen LogP contribution in [0, 0.1) is 0 Å².